The summed E-state index contributed by atoms with van der Waals surface area (Å²) in [6, 6.07) is 10.6. The van der Waals surface area contributed by atoms with Crippen molar-refractivity contribution in [3.63, 3.8) is 0 Å². The molecule has 26 heavy (non-hydrogen) atoms. The number of amides is 1. The molecule has 3 atom stereocenters. The molecule has 2 aromatic rings. The Balaban J connectivity index is 1.62. The molecule has 0 aliphatic carbocycles. The van der Waals surface area contributed by atoms with Gasteiger partial charge in [0.2, 0.25) is 5.91 Å². The van der Waals surface area contributed by atoms with Crippen LogP contribution < -0.4 is 10.6 Å². The number of aryl methyl sites for hydroxylation is 1. The third-order valence-electron chi connectivity index (χ3n) is 5.46. The minimum atomic E-state index is -0.0403. The minimum Gasteiger partial charge on any atom is -0.353 e. The van der Waals surface area contributed by atoms with Crippen molar-refractivity contribution in [2.45, 2.75) is 44.6 Å². The van der Waals surface area contributed by atoms with Crippen molar-refractivity contribution >= 4 is 5.91 Å². The van der Waals surface area contributed by atoms with E-state index in [0.29, 0.717) is 0 Å². The highest BCUT2D eigenvalue weighted by Gasteiger charge is 2.35. The van der Waals surface area contributed by atoms with Crippen molar-refractivity contribution in [2.75, 3.05) is 13.1 Å². The Hall–Kier alpha value is -2.14. The summed E-state index contributed by atoms with van der Waals surface area (Å²) in [5.41, 5.74) is 2.46. The van der Waals surface area contributed by atoms with E-state index in [1.54, 1.807) is 4.68 Å². The molecule has 1 saturated heterocycles. The molecule has 0 radical (unpaired) electrons. The highest BCUT2D eigenvalue weighted by molar-refractivity contribution is 5.80. The molecule has 3 rings (SSSR count). The van der Waals surface area contributed by atoms with Crippen LogP contribution in [-0.4, -0.2) is 34.8 Å². The van der Waals surface area contributed by atoms with Crippen LogP contribution in [0.4, 0.5) is 0 Å². The lowest BCUT2D eigenvalue weighted by Gasteiger charge is -2.30. The first-order valence-corrected chi connectivity index (χ1v) is 9.42. The van der Waals surface area contributed by atoms with E-state index in [4.69, 9.17) is 0 Å². The zero-order chi connectivity index (χ0) is 18.7. The molecule has 1 aliphatic heterocycles. The van der Waals surface area contributed by atoms with Crippen molar-refractivity contribution in [3.05, 3.63) is 53.9 Å². The molecule has 1 fully saturated rings. The fourth-order valence-electron chi connectivity index (χ4n) is 4.11. The van der Waals surface area contributed by atoms with Gasteiger partial charge in [-0.05, 0) is 29.9 Å². The Labute approximate surface area is 156 Å². The summed E-state index contributed by atoms with van der Waals surface area (Å²) in [4.78, 5) is 12.9. The van der Waals surface area contributed by atoms with Crippen molar-refractivity contribution in [1.29, 1.82) is 0 Å². The zero-order valence-corrected chi connectivity index (χ0v) is 16.2. The first-order chi connectivity index (χ1) is 12.4. The number of benzene rings is 1. The van der Waals surface area contributed by atoms with E-state index in [0.717, 1.165) is 25.1 Å². The number of carbonyl (C=O) groups is 1. The number of nitrogens with zero attached hydrogens (tertiary/aromatic N) is 2. The predicted octanol–water partition coefficient (Wildman–Crippen LogP) is 2.60. The molecule has 2 heterocycles. The minimum absolute atomic E-state index is 0.0185. The number of rotatable bonds is 6. The molecule has 1 amide bonds. The Morgan fingerprint density at radius 3 is 2.73 bits per heavy atom. The molecule has 5 heteroatoms. The van der Waals surface area contributed by atoms with Gasteiger partial charge in [-0.25, -0.2) is 0 Å². The number of hydrogen-bond acceptors (Lipinski definition) is 3. The molecule has 140 valence electrons. The monoisotopic (exact) mass is 354 g/mol. The van der Waals surface area contributed by atoms with Crippen LogP contribution in [0.1, 0.15) is 44.2 Å². The van der Waals surface area contributed by atoms with E-state index in [1.807, 2.05) is 25.5 Å². The first-order valence-electron chi connectivity index (χ1n) is 9.42. The third kappa shape index (κ3) is 4.15. The van der Waals surface area contributed by atoms with Gasteiger partial charge in [-0.15, -0.1) is 0 Å². The van der Waals surface area contributed by atoms with Gasteiger partial charge in [-0.1, -0.05) is 44.2 Å². The van der Waals surface area contributed by atoms with Gasteiger partial charge < -0.3 is 10.6 Å². The first kappa shape index (κ1) is 18.6. The van der Waals surface area contributed by atoms with Gasteiger partial charge in [0.15, 0.2) is 0 Å². The number of hydrogen-bond donors (Lipinski definition) is 2. The summed E-state index contributed by atoms with van der Waals surface area (Å²) in [6.45, 7) is 8.12. The lowest BCUT2D eigenvalue weighted by atomic mass is 9.79. The predicted molar refractivity (Wildman–Crippen MR) is 104 cm³/mol. The average molecular weight is 354 g/mol. The van der Waals surface area contributed by atoms with Crippen molar-refractivity contribution in [3.8, 4) is 0 Å². The molecular formula is C21H30N4O. The van der Waals surface area contributed by atoms with Crippen molar-refractivity contribution in [1.82, 2.24) is 20.4 Å². The van der Waals surface area contributed by atoms with E-state index < -0.39 is 0 Å². The van der Waals surface area contributed by atoms with Crippen molar-refractivity contribution in [2.24, 2.45) is 13.0 Å². The Morgan fingerprint density at radius 2 is 2.08 bits per heavy atom. The van der Waals surface area contributed by atoms with Gasteiger partial charge in [0.25, 0.3) is 0 Å². The molecule has 1 aromatic heterocycles. The molecule has 5 nitrogen and oxygen atoms in total. The number of aromatic nitrogens is 2. The van der Waals surface area contributed by atoms with E-state index in [-0.39, 0.29) is 29.2 Å². The molecule has 2 N–H and O–H groups in total. The summed E-state index contributed by atoms with van der Waals surface area (Å²) in [5, 5.41) is 10.9. The highest BCUT2D eigenvalue weighted by Crippen LogP contribution is 2.30. The van der Waals surface area contributed by atoms with Gasteiger partial charge >= 0.3 is 0 Å². The topological polar surface area (TPSA) is 59.0 Å². The van der Waals surface area contributed by atoms with Gasteiger partial charge in [-0.2, -0.15) is 5.10 Å². The Morgan fingerprint density at radius 1 is 1.35 bits per heavy atom. The molecule has 0 spiro atoms. The van der Waals surface area contributed by atoms with E-state index in [2.05, 4.69) is 60.8 Å². The quantitative estimate of drug-likeness (QED) is 0.838. The summed E-state index contributed by atoms with van der Waals surface area (Å²) in [6.07, 6.45) is 4.79. The Bertz CT molecular complexity index is 737. The molecular weight excluding hydrogens is 324 g/mol. The standard InChI is InChI=1S/C21H30N4O/c1-15(10-21(2,3)17-8-6-5-7-9-17)24-20(26)19-13-22-12-18(19)16-11-23-25(4)14-16/h5-9,11,14-15,18-19,22H,10,12-13H2,1-4H3,(H,24,26)/t15?,18-,19+/m1/s1. The molecule has 0 bridgehead atoms. The molecule has 1 aliphatic rings. The van der Waals surface area contributed by atoms with Crippen LogP contribution in [0.2, 0.25) is 0 Å². The third-order valence-corrected chi connectivity index (χ3v) is 5.46. The van der Waals surface area contributed by atoms with E-state index in [1.165, 1.54) is 5.56 Å². The fraction of sp³-hybridized carbons (Fsp3) is 0.524. The maximum Gasteiger partial charge on any atom is 0.225 e. The average Bonchev–Trinajstić information content (AvgIpc) is 3.23. The van der Waals surface area contributed by atoms with E-state index >= 15 is 0 Å². The fourth-order valence-corrected chi connectivity index (χ4v) is 4.11. The van der Waals surface area contributed by atoms with Crippen LogP contribution >= 0.6 is 0 Å². The maximum atomic E-state index is 12.9. The number of nitrogens with one attached hydrogen (secondary N) is 2. The summed E-state index contributed by atoms with van der Waals surface area (Å²) < 4.78 is 1.80. The van der Waals surface area contributed by atoms with Gasteiger partial charge in [0, 0.05) is 38.3 Å². The van der Waals surface area contributed by atoms with E-state index in [9.17, 15) is 4.79 Å². The van der Waals surface area contributed by atoms with Crippen LogP contribution in [-0.2, 0) is 17.3 Å². The van der Waals surface area contributed by atoms with Crippen molar-refractivity contribution < 1.29 is 4.79 Å². The molecule has 1 aromatic carbocycles. The second-order valence-corrected chi connectivity index (χ2v) is 8.18. The second-order valence-electron chi connectivity index (χ2n) is 8.18. The summed E-state index contributed by atoms with van der Waals surface area (Å²) >= 11 is 0. The lowest BCUT2D eigenvalue weighted by Crippen LogP contribution is -2.42. The van der Waals surface area contributed by atoms with Crippen LogP contribution in [0.3, 0.4) is 0 Å². The normalized spacial score (nSPS) is 21.5. The summed E-state index contributed by atoms with van der Waals surface area (Å²) in [7, 11) is 1.91. The van der Waals surface area contributed by atoms with Crippen LogP contribution in [0.15, 0.2) is 42.7 Å². The molecule has 0 saturated carbocycles. The molecule has 1 unspecified atom stereocenters. The zero-order valence-electron chi connectivity index (χ0n) is 16.2. The van der Waals surface area contributed by atoms with Crippen LogP contribution in [0.25, 0.3) is 0 Å². The largest absolute Gasteiger partial charge is 0.353 e. The smallest absolute Gasteiger partial charge is 0.225 e. The van der Waals surface area contributed by atoms with Gasteiger partial charge in [-0.3, -0.25) is 9.48 Å². The van der Waals surface area contributed by atoms with Gasteiger partial charge in [0.1, 0.15) is 0 Å². The Kier molecular flexibility index (Phi) is 5.47. The SMILES string of the molecule is CC(CC(C)(C)c1ccccc1)NC(=O)[C@H]1CNC[C@@H]1c1cnn(C)c1. The second kappa shape index (κ2) is 7.62. The van der Waals surface area contributed by atoms with Gasteiger partial charge in [0.05, 0.1) is 12.1 Å². The van der Waals surface area contributed by atoms with Crippen LogP contribution in [0, 0.1) is 5.92 Å². The summed E-state index contributed by atoms with van der Waals surface area (Å²) in [5.74, 6) is 0.291. The van der Waals surface area contributed by atoms with Crippen LogP contribution in [0.5, 0.6) is 0 Å². The maximum absolute atomic E-state index is 12.9. The number of carbonyl (C=O) groups excluding carboxylic acids is 1. The lowest BCUT2D eigenvalue weighted by molar-refractivity contribution is -0.125. The highest BCUT2D eigenvalue weighted by atomic mass is 16.2.